The Balaban J connectivity index is 1.81. The minimum atomic E-state index is -0.456. The van der Waals surface area contributed by atoms with Crippen molar-refractivity contribution < 1.29 is 14.3 Å². The lowest BCUT2D eigenvalue weighted by molar-refractivity contribution is -0.135. The van der Waals surface area contributed by atoms with Crippen LogP contribution >= 0.6 is 0 Å². The highest BCUT2D eigenvalue weighted by molar-refractivity contribution is 5.82. The van der Waals surface area contributed by atoms with Crippen LogP contribution in [0.5, 0.6) is 0 Å². The molecule has 2 unspecified atom stereocenters. The first kappa shape index (κ1) is 20.2. The van der Waals surface area contributed by atoms with E-state index in [0.717, 1.165) is 24.9 Å². The number of nitrogens with zero attached hydrogens (tertiary/aromatic N) is 2. The number of likely N-dealkylation sites (tertiary alicyclic amines) is 1. The Morgan fingerprint density at radius 1 is 1.31 bits per heavy atom. The molecule has 1 fully saturated rings. The van der Waals surface area contributed by atoms with E-state index < -0.39 is 6.04 Å². The molecule has 1 heterocycles. The van der Waals surface area contributed by atoms with Crippen molar-refractivity contribution in [2.75, 3.05) is 26.7 Å². The monoisotopic (exact) mass is 361 g/mol. The molecule has 1 aromatic carbocycles. The maximum atomic E-state index is 12.5. The summed E-state index contributed by atoms with van der Waals surface area (Å²) in [6.07, 6.45) is 1.60. The largest absolute Gasteiger partial charge is 0.445 e. The summed E-state index contributed by atoms with van der Waals surface area (Å²) in [7, 11) is 1.74. The van der Waals surface area contributed by atoms with E-state index in [4.69, 9.17) is 10.5 Å². The molecule has 0 saturated carbocycles. The number of rotatable bonds is 6. The van der Waals surface area contributed by atoms with Gasteiger partial charge in [0.2, 0.25) is 5.91 Å². The van der Waals surface area contributed by atoms with E-state index in [-0.39, 0.29) is 30.4 Å². The third-order valence-electron chi connectivity index (χ3n) is 4.88. The van der Waals surface area contributed by atoms with Crippen LogP contribution in [0.15, 0.2) is 30.3 Å². The number of nitrogens with two attached hydrogens (primary N) is 1. The first-order chi connectivity index (χ1) is 12.4. The fourth-order valence-electron chi connectivity index (χ4n) is 3.20. The van der Waals surface area contributed by atoms with Crippen molar-refractivity contribution in [3.05, 3.63) is 35.9 Å². The predicted molar refractivity (Wildman–Crippen MR) is 101 cm³/mol. The van der Waals surface area contributed by atoms with E-state index >= 15 is 0 Å². The van der Waals surface area contributed by atoms with Crippen LogP contribution in [0.4, 0.5) is 4.79 Å². The van der Waals surface area contributed by atoms with E-state index in [2.05, 4.69) is 0 Å². The summed E-state index contributed by atoms with van der Waals surface area (Å²) < 4.78 is 5.36. The molecule has 6 heteroatoms. The number of hydrogen-bond donors (Lipinski definition) is 1. The summed E-state index contributed by atoms with van der Waals surface area (Å²) in [4.78, 5) is 28.1. The number of carbonyl (C=O) groups excluding carboxylic acids is 2. The topological polar surface area (TPSA) is 75.9 Å². The van der Waals surface area contributed by atoms with E-state index in [1.807, 2.05) is 49.1 Å². The van der Waals surface area contributed by atoms with Crippen molar-refractivity contribution in [1.82, 2.24) is 9.80 Å². The minimum absolute atomic E-state index is 0.0130. The van der Waals surface area contributed by atoms with Crippen LogP contribution in [-0.4, -0.2) is 54.5 Å². The van der Waals surface area contributed by atoms with Gasteiger partial charge >= 0.3 is 6.09 Å². The molecule has 2 N–H and O–H groups in total. The van der Waals surface area contributed by atoms with E-state index in [0.29, 0.717) is 13.1 Å². The highest BCUT2D eigenvalue weighted by atomic mass is 16.6. The molecule has 0 radical (unpaired) electrons. The van der Waals surface area contributed by atoms with Crippen LogP contribution in [0.2, 0.25) is 0 Å². The second-order valence-electron chi connectivity index (χ2n) is 7.48. The van der Waals surface area contributed by atoms with Gasteiger partial charge in [0.05, 0.1) is 6.04 Å². The molecule has 2 atom stereocenters. The Morgan fingerprint density at radius 2 is 2.00 bits per heavy atom. The summed E-state index contributed by atoms with van der Waals surface area (Å²) in [5, 5.41) is 0. The molecule has 1 aromatic rings. The van der Waals surface area contributed by atoms with Crippen LogP contribution < -0.4 is 5.73 Å². The molecule has 1 aliphatic heterocycles. The lowest BCUT2D eigenvalue weighted by Crippen LogP contribution is -2.51. The molecular weight excluding hydrogens is 330 g/mol. The van der Waals surface area contributed by atoms with Gasteiger partial charge in [-0.05, 0) is 30.2 Å². The maximum Gasteiger partial charge on any atom is 0.409 e. The van der Waals surface area contributed by atoms with Gasteiger partial charge in [-0.1, -0.05) is 44.2 Å². The highest BCUT2D eigenvalue weighted by Crippen LogP contribution is 2.19. The molecule has 0 aliphatic carbocycles. The predicted octanol–water partition coefficient (Wildman–Crippen LogP) is 2.48. The quantitative estimate of drug-likeness (QED) is 0.844. The zero-order valence-corrected chi connectivity index (χ0v) is 16.1. The number of hydrogen-bond acceptors (Lipinski definition) is 4. The molecular formula is C20H31N3O3. The maximum absolute atomic E-state index is 12.5. The number of amides is 2. The summed E-state index contributed by atoms with van der Waals surface area (Å²) in [6.45, 7) is 6.16. The fraction of sp³-hybridized carbons (Fsp3) is 0.600. The summed E-state index contributed by atoms with van der Waals surface area (Å²) >= 11 is 0. The second-order valence-corrected chi connectivity index (χ2v) is 7.48. The molecule has 0 bridgehead atoms. The van der Waals surface area contributed by atoms with Crippen LogP contribution in [0.25, 0.3) is 0 Å². The second kappa shape index (κ2) is 9.57. The zero-order chi connectivity index (χ0) is 19.1. The number of benzene rings is 1. The van der Waals surface area contributed by atoms with E-state index in [1.54, 1.807) is 11.9 Å². The van der Waals surface area contributed by atoms with Crippen molar-refractivity contribution >= 4 is 12.0 Å². The Morgan fingerprint density at radius 3 is 2.65 bits per heavy atom. The van der Waals surface area contributed by atoms with Gasteiger partial charge in [0, 0.05) is 26.7 Å². The van der Waals surface area contributed by atoms with Crippen LogP contribution in [0.1, 0.15) is 32.3 Å². The summed E-state index contributed by atoms with van der Waals surface area (Å²) in [5.74, 6) is 0.388. The van der Waals surface area contributed by atoms with Crippen molar-refractivity contribution in [1.29, 1.82) is 0 Å². The van der Waals surface area contributed by atoms with Crippen LogP contribution in [-0.2, 0) is 16.1 Å². The lowest BCUT2D eigenvalue weighted by Gasteiger charge is -2.36. The molecule has 0 spiro atoms. The van der Waals surface area contributed by atoms with Gasteiger partial charge in [-0.2, -0.15) is 0 Å². The summed E-state index contributed by atoms with van der Waals surface area (Å²) in [6, 6.07) is 9.16. The standard InChI is InChI=1S/C20H31N3O3/c1-15(2)18(21)19(24)23-11-7-10-17(13-23)12-22(3)20(25)26-14-16-8-5-4-6-9-16/h4-6,8-9,15,17-18H,7,10-14,21H2,1-3H3. The first-order valence-corrected chi connectivity index (χ1v) is 9.34. The van der Waals surface area contributed by atoms with Crippen LogP contribution in [0, 0.1) is 11.8 Å². The van der Waals surface area contributed by atoms with Gasteiger partial charge in [0.15, 0.2) is 0 Å². The van der Waals surface area contributed by atoms with Gasteiger partial charge < -0.3 is 20.3 Å². The Kier molecular flexibility index (Phi) is 7.45. The number of carbonyl (C=O) groups is 2. The molecule has 26 heavy (non-hydrogen) atoms. The summed E-state index contributed by atoms with van der Waals surface area (Å²) in [5.41, 5.74) is 6.97. The smallest absolute Gasteiger partial charge is 0.409 e. The number of ether oxygens (including phenoxy) is 1. The first-order valence-electron chi connectivity index (χ1n) is 9.34. The molecule has 144 valence electrons. The van der Waals surface area contributed by atoms with Gasteiger partial charge in [-0.15, -0.1) is 0 Å². The molecule has 0 aromatic heterocycles. The third kappa shape index (κ3) is 5.73. The van der Waals surface area contributed by atoms with Gasteiger partial charge in [-0.25, -0.2) is 4.79 Å². The molecule has 2 rings (SSSR count). The van der Waals surface area contributed by atoms with Gasteiger partial charge in [-0.3, -0.25) is 4.79 Å². The van der Waals surface area contributed by atoms with Crippen molar-refractivity contribution in [2.45, 2.75) is 39.3 Å². The fourth-order valence-corrected chi connectivity index (χ4v) is 3.20. The van der Waals surface area contributed by atoms with E-state index in [1.165, 1.54) is 0 Å². The normalized spacial score (nSPS) is 18.5. The van der Waals surface area contributed by atoms with Crippen molar-refractivity contribution in [2.24, 2.45) is 17.6 Å². The zero-order valence-electron chi connectivity index (χ0n) is 16.1. The highest BCUT2D eigenvalue weighted by Gasteiger charge is 2.29. The molecule has 1 aliphatic rings. The van der Waals surface area contributed by atoms with Gasteiger partial charge in [0.25, 0.3) is 0 Å². The SMILES string of the molecule is CC(C)C(N)C(=O)N1CCCC(CN(C)C(=O)OCc2ccccc2)C1. The third-order valence-corrected chi connectivity index (χ3v) is 4.88. The molecule has 6 nitrogen and oxygen atoms in total. The van der Waals surface area contributed by atoms with Crippen LogP contribution in [0.3, 0.4) is 0 Å². The number of piperidine rings is 1. The van der Waals surface area contributed by atoms with E-state index in [9.17, 15) is 9.59 Å². The van der Waals surface area contributed by atoms with Crippen molar-refractivity contribution in [3.63, 3.8) is 0 Å². The molecule has 1 saturated heterocycles. The average Bonchev–Trinajstić information content (AvgIpc) is 2.65. The minimum Gasteiger partial charge on any atom is -0.445 e. The Hall–Kier alpha value is -2.08. The Bertz CT molecular complexity index is 591. The Labute approximate surface area is 156 Å². The van der Waals surface area contributed by atoms with Gasteiger partial charge in [0.1, 0.15) is 6.61 Å². The average molecular weight is 361 g/mol. The lowest BCUT2D eigenvalue weighted by atomic mass is 9.95. The molecule has 2 amide bonds. The van der Waals surface area contributed by atoms with Crippen molar-refractivity contribution in [3.8, 4) is 0 Å².